The number of nitrogens with zero attached hydrogens (tertiary/aromatic N) is 2. The van der Waals surface area contributed by atoms with Gasteiger partial charge in [0, 0.05) is 13.1 Å². The van der Waals surface area contributed by atoms with E-state index in [0.29, 0.717) is 24.4 Å². The SMILES string of the molecule is CC(C)(C)OC(=O)N1CCC[C@@H](C(=O)ON2C(=O)c3ccccc3C2=O)C1. The molecule has 0 aromatic heterocycles. The largest absolute Gasteiger partial charge is 0.444 e. The van der Waals surface area contributed by atoms with Crippen molar-refractivity contribution in [2.24, 2.45) is 5.92 Å². The summed E-state index contributed by atoms with van der Waals surface area (Å²) in [6.07, 6.45) is 0.600. The summed E-state index contributed by atoms with van der Waals surface area (Å²) in [7, 11) is 0. The van der Waals surface area contributed by atoms with Crippen LogP contribution in [0.1, 0.15) is 54.3 Å². The maximum absolute atomic E-state index is 12.5. The molecule has 144 valence electrons. The van der Waals surface area contributed by atoms with E-state index in [0.717, 1.165) is 0 Å². The van der Waals surface area contributed by atoms with Gasteiger partial charge in [-0.2, -0.15) is 0 Å². The summed E-state index contributed by atoms with van der Waals surface area (Å²) in [5.41, 5.74) is -0.228. The van der Waals surface area contributed by atoms with Gasteiger partial charge in [-0.1, -0.05) is 17.2 Å². The first-order valence-corrected chi connectivity index (χ1v) is 8.85. The van der Waals surface area contributed by atoms with E-state index in [-0.39, 0.29) is 17.7 Å². The number of likely N-dealkylation sites (tertiary alicyclic amines) is 1. The van der Waals surface area contributed by atoms with Gasteiger partial charge < -0.3 is 14.5 Å². The van der Waals surface area contributed by atoms with Crippen LogP contribution in [0, 0.1) is 5.92 Å². The van der Waals surface area contributed by atoms with Crippen molar-refractivity contribution < 1.29 is 28.8 Å². The van der Waals surface area contributed by atoms with Crippen LogP contribution in [0.5, 0.6) is 0 Å². The summed E-state index contributed by atoms with van der Waals surface area (Å²) < 4.78 is 5.33. The summed E-state index contributed by atoms with van der Waals surface area (Å²) in [5, 5.41) is 0.499. The number of benzene rings is 1. The van der Waals surface area contributed by atoms with Gasteiger partial charge in [0.15, 0.2) is 0 Å². The molecule has 1 fully saturated rings. The maximum atomic E-state index is 12.5. The Morgan fingerprint density at radius 1 is 1.07 bits per heavy atom. The summed E-state index contributed by atoms with van der Waals surface area (Å²) >= 11 is 0. The van der Waals surface area contributed by atoms with E-state index >= 15 is 0 Å². The van der Waals surface area contributed by atoms with Crippen LogP contribution in [0.4, 0.5) is 4.79 Å². The number of ether oxygens (including phenoxy) is 1. The minimum Gasteiger partial charge on any atom is -0.444 e. The average Bonchev–Trinajstić information content (AvgIpc) is 2.86. The quantitative estimate of drug-likeness (QED) is 0.738. The van der Waals surface area contributed by atoms with E-state index in [2.05, 4.69) is 0 Å². The standard InChI is InChI=1S/C19H22N2O6/c1-19(2,3)26-18(25)20-10-6-7-12(11-20)17(24)27-21-15(22)13-8-4-5-9-14(13)16(21)23/h4-5,8-9,12H,6-7,10-11H2,1-3H3/t12-/m1/s1. The Labute approximate surface area is 157 Å². The van der Waals surface area contributed by atoms with Crippen molar-refractivity contribution in [3.05, 3.63) is 35.4 Å². The highest BCUT2D eigenvalue weighted by Crippen LogP contribution is 2.25. The van der Waals surface area contributed by atoms with Gasteiger partial charge in [0.1, 0.15) is 5.60 Å². The van der Waals surface area contributed by atoms with Gasteiger partial charge in [0.2, 0.25) is 0 Å². The van der Waals surface area contributed by atoms with E-state index in [4.69, 9.17) is 9.57 Å². The molecular weight excluding hydrogens is 352 g/mol. The minimum absolute atomic E-state index is 0.122. The molecule has 2 aliphatic rings. The van der Waals surface area contributed by atoms with E-state index in [1.165, 1.54) is 17.0 Å². The molecule has 3 amide bonds. The number of hydrogen-bond donors (Lipinski definition) is 0. The fourth-order valence-corrected chi connectivity index (χ4v) is 3.08. The molecule has 0 saturated carbocycles. The number of imide groups is 1. The highest BCUT2D eigenvalue weighted by atomic mass is 16.7. The smallest absolute Gasteiger partial charge is 0.410 e. The zero-order valence-corrected chi connectivity index (χ0v) is 15.6. The van der Waals surface area contributed by atoms with E-state index in [9.17, 15) is 19.2 Å². The van der Waals surface area contributed by atoms with Crippen molar-refractivity contribution >= 4 is 23.9 Å². The molecule has 0 unspecified atom stereocenters. The molecule has 1 aromatic rings. The number of piperidine rings is 1. The molecular formula is C19H22N2O6. The number of fused-ring (bicyclic) bond motifs is 1. The molecule has 0 spiro atoms. The first-order chi connectivity index (χ1) is 12.7. The van der Waals surface area contributed by atoms with Crippen molar-refractivity contribution in [1.82, 2.24) is 9.96 Å². The fourth-order valence-electron chi connectivity index (χ4n) is 3.08. The number of hydroxylamine groups is 2. The van der Waals surface area contributed by atoms with Gasteiger partial charge in [-0.05, 0) is 45.7 Å². The highest BCUT2D eigenvalue weighted by molar-refractivity contribution is 6.20. The van der Waals surface area contributed by atoms with Crippen LogP contribution in [-0.4, -0.2) is 52.5 Å². The van der Waals surface area contributed by atoms with Crippen molar-refractivity contribution in [3.8, 4) is 0 Å². The summed E-state index contributed by atoms with van der Waals surface area (Å²) in [6.45, 7) is 5.90. The van der Waals surface area contributed by atoms with Gasteiger partial charge in [0.05, 0.1) is 17.0 Å². The molecule has 0 radical (unpaired) electrons. The molecule has 8 heteroatoms. The van der Waals surface area contributed by atoms with Gasteiger partial charge in [-0.25, -0.2) is 9.59 Å². The summed E-state index contributed by atoms with van der Waals surface area (Å²) in [5.74, 6) is -2.67. The van der Waals surface area contributed by atoms with E-state index < -0.39 is 35.4 Å². The molecule has 8 nitrogen and oxygen atoms in total. The topological polar surface area (TPSA) is 93.2 Å². The zero-order chi connectivity index (χ0) is 19.8. The molecule has 1 atom stereocenters. The third-order valence-corrected chi connectivity index (χ3v) is 4.34. The van der Waals surface area contributed by atoms with Gasteiger partial charge in [-0.3, -0.25) is 9.59 Å². The van der Waals surface area contributed by atoms with Crippen LogP contribution in [0.25, 0.3) is 0 Å². The van der Waals surface area contributed by atoms with Gasteiger partial charge in [-0.15, -0.1) is 0 Å². The lowest BCUT2D eigenvalue weighted by atomic mass is 9.99. The highest BCUT2D eigenvalue weighted by Gasteiger charge is 2.41. The molecule has 0 N–H and O–H groups in total. The Morgan fingerprint density at radius 2 is 1.67 bits per heavy atom. The Hall–Kier alpha value is -2.90. The molecule has 0 aliphatic carbocycles. The Kier molecular flexibility index (Phi) is 4.91. The summed E-state index contributed by atoms with van der Waals surface area (Å²) in [4.78, 5) is 55.9. The third kappa shape index (κ3) is 3.94. The Bertz CT molecular complexity index is 763. The van der Waals surface area contributed by atoms with Crippen molar-refractivity contribution in [2.45, 2.75) is 39.2 Å². The molecule has 2 aliphatic heterocycles. The van der Waals surface area contributed by atoms with Crippen LogP contribution in [0.15, 0.2) is 24.3 Å². The van der Waals surface area contributed by atoms with Crippen LogP contribution in [-0.2, 0) is 14.4 Å². The first kappa shape index (κ1) is 18.9. The second-order valence-electron chi connectivity index (χ2n) is 7.63. The molecule has 2 heterocycles. The molecule has 1 aromatic carbocycles. The predicted molar refractivity (Wildman–Crippen MR) is 93.6 cm³/mol. The molecule has 0 bridgehead atoms. The Morgan fingerprint density at radius 3 is 2.22 bits per heavy atom. The second kappa shape index (κ2) is 7.02. The lowest BCUT2D eigenvalue weighted by Crippen LogP contribution is -2.46. The van der Waals surface area contributed by atoms with Crippen molar-refractivity contribution in [1.29, 1.82) is 0 Å². The predicted octanol–water partition coefficient (Wildman–Crippen LogP) is 2.39. The third-order valence-electron chi connectivity index (χ3n) is 4.34. The lowest BCUT2D eigenvalue weighted by molar-refractivity contribution is -0.175. The lowest BCUT2D eigenvalue weighted by Gasteiger charge is -2.33. The maximum Gasteiger partial charge on any atom is 0.410 e. The Balaban J connectivity index is 1.64. The number of rotatable bonds is 2. The fraction of sp³-hybridized carbons (Fsp3) is 0.474. The van der Waals surface area contributed by atoms with Gasteiger partial charge >= 0.3 is 12.1 Å². The number of carbonyl (C=O) groups excluding carboxylic acids is 4. The van der Waals surface area contributed by atoms with Crippen molar-refractivity contribution in [2.75, 3.05) is 13.1 Å². The van der Waals surface area contributed by atoms with Gasteiger partial charge in [0.25, 0.3) is 11.8 Å². The van der Waals surface area contributed by atoms with Crippen molar-refractivity contribution in [3.63, 3.8) is 0 Å². The number of amides is 3. The number of hydrogen-bond acceptors (Lipinski definition) is 6. The zero-order valence-electron chi connectivity index (χ0n) is 15.6. The minimum atomic E-state index is -0.710. The van der Waals surface area contributed by atoms with Crippen LogP contribution in [0.2, 0.25) is 0 Å². The monoisotopic (exact) mass is 374 g/mol. The average molecular weight is 374 g/mol. The molecule has 27 heavy (non-hydrogen) atoms. The molecule has 3 rings (SSSR count). The normalized spacial score (nSPS) is 19.7. The van der Waals surface area contributed by atoms with Crippen LogP contribution in [0.3, 0.4) is 0 Å². The summed E-state index contributed by atoms with van der Waals surface area (Å²) in [6, 6.07) is 6.28. The first-order valence-electron chi connectivity index (χ1n) is 8.85. The van der Waals surface area contributed by atoms with Crippen LogP contribution >= 0.6 is 0 Å². The second-order valence-corrected chi connectivity index (χ2v) is 7.63. The molecule has 1 saturated heterocycles. The van der Waals surface area contributed by atoms with Crippen LogP contribution < -0.4 is 0 Å². The number of carbonyl (C=O) groups is 4. The van der Waals surface area contributed by atoms with E-state index in [1.54, 1.807) is 32.9 Å². The van der Waals surface area contributed by atoms with E-state index in [1.807, 2.05) is 0 Å².